The molecule has 4 N–H and O–H groups in total. The van der Waals surface area contributed by atoms with E-state index in [-0.39, 0.29) is 17.8 Å². The Morgan fingerprint density at radius 3 is 2.54 bits per heavy atom. The number of carbonyl (C=O) groups excluding carboxylic acids is 2. The van der Waals surface area contributed by atoms with E-state index in [2.05, 4.69) is 5.32 Å². The van der Waals surface area contributed by atoms with Crippen molar-refractivity contribution in [1.29, 1.82) is 0 Å². The Morgan fingerprint density at radius 1 is 1.12 bits per heavy atom. The smallest absolute Gasteiger partial charge is 0.316 e. The molecule has 136 valence electrons. The highest BCUT2D eigenvalue weighted by molar-refractivity contribution is 5.96. The molecular formula is C19H21N3O4. The third-order valence-corrected chi connectivity index (χ3v) is 4.23. The molecule has 0 radical (unpaired) electrons. The number of hydrogen-bond donors (Lipinski definition) is 3. The Balaban J connectivity index is 1.57. The summed E-state index contributed by atoms with van der Waals surface area (Å²) in [6.45, 7) is 1.16. The Kier molecular flexibility index (Phi) is 5.26. The van der Waals surface area contributed by atoms with Crippen LogP contribution in [0, 0.1) is 0 Å². The number of benzene rings is 2. The number of carbonyl (C=O) groups is 2. The molecule has 1 fully saturated rings. The predicted molar refractivity (Wildman–Crippen MR) is 97.3 cm³/mol. The normalized spacial score (nSPS) is 14.7. The lowest BCUT2D eigenvalue weighted by Crippen LogP contribution is -2.41. The maximum absolute atomic E-state index is 12.7. The first-order chi connectivity index (χ1) is 12.5. The minimum atomic E-state index is -0.667. The van der Waals surface area contributed by atoms with E-state index in [4.69, 9.17) is 10.5 Å². The van der Waals surface area contributed by atoms with Gasteiger partial charge in [0.25, 0.3) is 5.91 Å². The molecule has 1 heterocycles. The molecule has 1 saturated heterocycles. The van der Waals surface area contributed by atoms with Gasteiger partial charge in [-0.2, -0.15) is 0 Å². The fourth-order valence-electron chi connectivity index (χ4n) is 2.98. The molecular weight excluding hydrogens is 334 g/mol. The van der Waals surface area contributed by atoms with E-state index >= 15 is 0 Å². The third-order valence-electron chi connectivity index (χ3n) is 4.23. The summed E-state index contributed by atoms with van der Waals surface area (Å²) in [6, 6.07) is 12.7. The third kappa shape index (κ3) is 4.44. The average Bonchev–Trinajstić information content (AvgIpc) is 2.61. The van der Waals surface area contributed by atoms with Gasteiger partial charge >= 0.3 is 6.03 Å². The van der Waals surface area contributed by atoms with Crippen LogP contribution in [-0.2, 0) is 0 Å². The van der Waals surface area contributed by atoms with Crippen LogP contribution in [0.3, 0.4) is 0 Å². The van der Waals surface area contributed by atoms with E-state index in [1.54, 1.807) is 53.4 Å². The van der Waals surface area contributed by atoms with Gasteiger partial charge in [0.15, 0.2) is 0 Å². The van der Waals surface area contributed by atoms with Gasteiger partial charge in [-0.15, -0.1) is 0 Å². The summed E-state index contributed by atoms with van der Waals surface area (Å²) in [5.74, 6) is 0.702. The highest BCUT2D eigenvalue weighted by Gasteiger charge is 2.25. The summed E-state index contributed by atoms with van der Waals surface area (Å²) in [5, 5.41) is 12.0. The number of hydrogen-bond acceptors (Lipinski definition) is 4. The molecule has 1 aliphatic heterocycles. The quantitative estimate of drug-likeness (QED) is 0.784. The van der Waals surface area contributed by atoms with Gasteiger partial charge < -0.3 is 25.8 Å². The number of phenolic OH excluding ortho intramolecular Hbond substituents is 1. The van der Waals surface area contributed by atoms with Crippen molar-refractivity contribution in [1.82, 2.24) is 4.90 Å². The molecule has 0 spiro atoms. The van der Waals surface area contributed by atoms with Gasteiger partial charge in [-0.3, -0.25) is 4.79 Å². The number of nitrogens with one attached hydrogen (secondary N) is 1. The SMILES string of the molecule is NC(=O)Nc1cccc(C(=O)N2CCC(Oc3cccc(O)c3)CC2)c1. The maximum atomic E-state index is 12.7. The van der Waals surface area contributed by atoms with E-state index in [0.29, 0.717) is 42.9 Å². The Hall–Kier alpha value is -3.22. The van der Waals surface area contributed by atoms with Crippen LogP contribution in [0.2, 0.25) is 0 Å². The second-order valence-electron chi connectivity index (χ2n) is 6.18. The molecule has 0 atom stereocenters. The number of phenols is 1. The molecule has 1 aliphatic rings. The van der Waals surface area contributed by atoms with E-state index in [1.807, 2.05) is 0 Å². The minimum absolute atomic E-state index is 0.00344. The van der Waals surface area contributed by atoms with Crippen LogP contribution in [0.4, 0.5) is 10.5 Å². The lowest BCUT2D eigenvalue weighted by atomic mass is 10.1. The Labute approximate surface area is 151 Å². The first kappa shape index (κ1) is 17.6. The largest absolute Gasteiger partial charge is 0.508 e. The molecule has 0 bridgehead atoms. The van der Waals surface area contributed by atoms with Gasteiger partial charge in [0.1, 0.15) is 17.6 Å². The number of amides is 3. The molecule has 2 aromatic rings. The topological polar surface area (TPSA) is 105 Å². The highest BCUT2D eigenvalue weighted by Crippen LogP contribution is 2.23. The first-order valence-corrected chi connectivity index (χ1v) is 8.43. The molecule has 3 rings (SSSR count). The Bertz CT molecular complexity index is 801. The first-order valence-electron chi connectivity index (χ1n) is 8.43. The molecule has 7 nitrogen and oxygen atoms in total. The standard InChI is InChI=1S/C19H21N3O4/c20-19(25)21-14-4-1-3-13(11-14)18(24)22-9-7-16(8-10-22)26-17-6-2-5-15(23)12-17/h1-6,11-12,16,23H,7-10H2,(H3,20,21,25). The zero-order valence-electron chi connectivity index (χ0n) is 14.2. The minimum Gasteiger partial charge on any atom is -0.508 e. The number of ether oxygens (including phenoxy) is 1. The number of anilines is 1. The monoisotopic (exact) mass is 355 g/mol. The van der Waals surface area contributed by atoms with Crippen LogP contribution in [-0.4, -0.2) is 41.1 Å². The van der Waals surface area contributed by atoms with Gasteiger partial charge in [-0.1, -0.05) is 12.1 Å². The van der Waals surface area contributed by atoms with Crippen molar-refractivity contribution in [2.45, 2.75) is 18.9 Å². The number of urea groups is 1. The van der Waals surface area contributed by atoms with Crippen LogP contribution in [0.5, 0.6) is 11.5 Å². The highest BCUT2D eigenvalue weighted by atomic mass is 16.5. The van der Waals surface area contributed by atoms with E-state index < -0.39 is 6.03 Å². The number of rotatable bonds is 4. The van der Waals surface area contributed by atoms with Crippen molar-refractivity contribution in [3.8, 4) is 11.5 Å². The lowest BCUT2D eigenvalue weighted by Gasteiger charge is -2.32. The predicted octanol–water partition coefficient (Wildman–Crippen LogP) is 2.57. The molecule has 2 aromatic carbocycles. The van der Waals surface area contributed by atoms with Crippen LogP contribution in [0.1, 0.15) is 23.2 Å². The lowest BCUT2D eigenvalue weighted by molar-refractivity contribution is 0.0595. The molecule has 3 amide bonds. The molecule has 0 aliphatic carbocycles. The van der Waals surface area contributed by atoms with Gasteiger partial charge in [0.05, 0.1) is 0 Å². The molecule has 0 saturated carbocycles. The van der Waals surface area contributed by atoms with Gasteiger partial charge in [0.2, 0.25) is 0 Å². The fourth-order valence-corrected chi connectivity index (χ4v) is 2.98. The maximum Gasteiger partial charge on any atom is 0.316 e. The average molecular weight is 355 g/mol. The summed E-state index contributed by atoms with van der Waals surface area (Å²) < 4.78 is 5.87. The van der Waals surface area contributed by atoms with Gasteiger partial charge in [-0.25, -0.2) is 4.79 Å². The van der Waals surface area contributed by atoms with Gasteiger partial charge in [0, 0.05) is 43.2 Å². The number of piperidine rings is 1. The Morgan fingerprint density at radius 2 is 1.85 bits per heavy atom. The molecule has 7 heteroatoms. The summed E-state index contributed by atoms with van der Waals surface area (Å²) in [6.07, 6.45) is 1.42. The van der Waals surface area contributed by atoms with Crippen molar-refractivity contribution in [2.75, 3.05) is 18.4 Å². The summed E-state index contributed by atoms with van der Waals surface area (Å²) in [5.41, 5.74) is 6.10. The summed E-state index contributed by atoms with van der Waals surface area (Å²) in [4.78, 5) is 25.4. The van der Waals surface area contributed by atoms with Gasteiger partial charge in [-0.05, 0) is 30.3 Å². The van der Waals surface area contributed by atoms with E-state index in [1.165, 1.54) is 0 Å². The summed E-state index contributed by atoms with van der Waals surface area (Å²) >= 11 is 0. The van der Waals surface area contributed by atoms with E-state index in [9.17, 15) is 14.7 Å². The zero-order valence-corrected chi connectivity index (χ0v) is 14.2. The van der Waals surface area contributed by atoms with Crippen LogP contribution >= 0.6 is 0 Å². The van der Waals surface area contributed by atoms with Crippen LogP contribution in [0.25, 0.3) is 0 Å². The molecule has 0 aromatic heterocycles. The van der Waals surface area contributed by atoms with Crippen molar-refractivity contribution in [2.24, 2.45) is 5.73 Å². The zero-order chi connectivity index (χ0) is 18.5. The second kappa shape index (κ2) is 7.77. The van der Waals surface area contributed by atoms with Crippen LogP contribution < -0.4 is 15.8 Å². The fraction of sp³-hybridized carbons (Fsp3) is 0.263. The molecule has 0 unspecified atom stereocenters. The van der Waals surface area contributed by atoms with E-state index in [0.717, 1.165) is 0 Å². The summed E-state index contributed by atoms with van der Waals surface area (Å²) in [7, 11) is 0. The van der Waals surface area contributed by atoms with Crippen LogP contribution in [0.15, 0.2) is 48.5 Å². The van der Waals surface area contributed by atoms with Crippen molar-refractivity contribution < 1.29 is 19.4 Å². The number of nitrogens with two attached hydrogens (primary N) is 1. The number of nitrogens with zero attached hydrogens (tertiary/aromatic N) is 1. The number of aromatic hydroxyl groups is 1. The second-order valence-corrected chi connectivity index (χ2v) is 6.18. The molecule has 26 heavy (non-hydrogen) atoms. The van der Waals surface area contributed by atoms with Crippen molar-refractivity contribution in [3.63, 3.8) is 0 Å². The number of primary amides is 1. The van der Waals surface area contributed by atoms with Crippen molar-refractivity contribution >= 4 is 17.6 Å². The number of likely N-dealkylation sites (tertiary alicyclic amines) is 1. The van der Waals surface area contributed by atoms with Crippen molar-refractivity contribution in [3.05, 3.63) is 54.1 Å².